The van der Waals surface area contributed by atoms with E-state index in [0.29, 0.717) is 32.6 Å². The first-order chi connectivity index (χ1) is 11.5. The Balaban J connectivity index is 1.96. The standard InChI is InChI=1S/C16H19FN4O3/c1-24-11-15(22)20-5-2-6-21(8-7-20)16(23)19-14-4-3-12(10-18)9-13(14)17/h3-4,9H,2,5-8,11H2,1H3,(H,19,23). The lowest BCUT2D eigenvalue weighted by Gasteiger charge is -2.22. The molecule has 1 aliphatic rings. The van der Waals surface area contributed by atoms with Crippen LogP contribution in [0, 0.1) is 17.1 Å². The maximum atomic E-state index is 13.8. The molecule has 1 aromatic rings. The van der Waals surface area contributed by atoms with Crippen LogP contribution in [0.2, 0.25) is 0 Å². The van der Waals surface area contributed by atoms with Gasteiger partial charge in [0.05, 0.1) is 17.3 Å². The molecule has 0 unspecified atom stereocenters. The summed E-state index contributed by atoms with van der Waals surface area (Å²) in [6, 6.07) is 5.27. The number of halogens is 1. The van der Waals surface area contributed by atoms with Gasteiger partial charge in [0, 0.05) is 33.3 Å². The van der Waals surface area contributed by atoms with Crippen molar-refractivity contribution >= 4 is 17.6 Å². The zero-order valence-electron chi connectivity index (χ0n) is 13.4. The molecule has 128 valence electrons. The van der Waals surface area contributed by atoms with Gasteiger partial charge in [0.15, 0.2) is 0 Å². The molecule has 1 aliphatic heterocycles. The van der Waals surface area contributed by atoms with Gasteiger partial charge in [-0.2, -0.15) is 5.26 Å². The molecule has 0 aliphatic carbocycles. The fraction of sp³-hybridized carbons (Fsp3) is 0.438. The highest BCUT2D eigenvalue weighted by Gasteiger charge is 2.22. The van der Waals surface area contributed by atoms with E-state index in [9.17, 15) is 14.0 Å². The van der Waals surface area contributed by atoms with Crippen LogP contribution in [0.5, 0.6) is 0 Å². The summed E-state index contributed by atoms with van der Waals surface area (Å²) < 4.78 is 18.7. The van der Waals surface area contributed by atoms with Crippen LogP contribution in [0.4, 0.5) is 14.9 Å². The molecule has 1 saturated heterocycles. The van der Waals surface area contributed by atoms with E-state index in [0.717, 1.165) is 6.07 Å². The van der Waals surface area contributed by atoms with Crippen LogP contribution in [0.25, 0.3) is 0 Å². The Morgan fingerprint density at radius 3 is 2.67 bits per heavy atom. The largest absolute Gasteiger partial charge is 0.375 e. The molecule has 0 aromatic heterocycles. The quantitative estimate of drug-likeness (QED) is 0.905. The van der Waals surface area contributed by atoms with E-state index in [-0.39, 0.29) is 23.8 Å². The number of carbonyl (C=O) groups excluding carboxylic acids is 2. The second-order valence-corrected chi connectivity index (χ2v) is 5.39. The van der Waals surface area contributed by atoms with Crippen molar-refractivity contribution in [3.05, 3.63) is 29.6 Å². The number of hydrogen-bond donors (Lipinski definition) is 1. The summed E-state index contributed by atoms with van der Waals surface area (Å²) in [7, 11) is 1.46. The molecule has 0 saturated carbocycles. The molecule has 1 N–H and O–H groups in total. The molecule has 1 heterocycles. The van der Waals surface area contributed by atoms with Crippen LogP contribution in [0.15, 0.2) is 18.2 Å². The number of rotatable bonds is 3. The number of anilines is 1. The summed E-state index contributed by atoms with van der Waals surface area (Å²) in [5, 5.41) is 11.2. The topological polar surface area (TPSA) is 85.7 Å². The number of ether oxygens (including phenoxy) is 1. The van der Waals surface area contributed by atoms with Gasteiger partial charge in [-0.05, 0) is 24.6 Å². The van der Waals surface area contributed by atoms with Crippen LogP contribution in [-0.4, -0.2) is 61.6 Å². The lowest BCUT2D eigenvalue weighted by atomic mass is 10.2. The smallest absolute Gasteiger partial charge is 0.321 e. The number of urea groups is 1. The van der Waals surface area contributed by atoms with E-state index in [1.54, 1.807) is 4.90 Å². The third-order valence-electron chi connectivity index (χ3n) is 3.74. The van der Waals surface area contributed by atoms with E-state index < -0.39 is 11.8 Å². The molecule has 0 radical (unpaired) electrons. The second-order valence-electron chi connectivity index (χ2n) is 5.39. The van der Waals surface area contributed by atoms with Gasteiger partial charge in [-0.3, -0.25) is 4.79 Å². The van der Waals surface area contributed by atoms with E-state index in [2.05, 4.69) is 5.32 Å². The molecular weight excluding hydrogens is 315 g/mol. The number of hydrogen-bond acceptors (Lipinski definition) is 4. The van der Waals surface area contributed by atoms with Gasteiger partial charge in [0.2, 0.25) is 5.91 Å². The fourth-order valence-electron chi connectivity index (χ4n) is 2.47. The molecule has 0 spiro atoms. The maximum Gasteiger partial charge on any atom is 0.321 e. The summed E-state index contributed by atoms with van der Waals surface area (Å²) >= 11 is 0. The first-order valence-electron chi connectivity index (χ1n) is 7.57. The minimum atomic E-state index is -0.658. The predicted molar refractivity (Wildman–Crippen MR) is 84.8 cm³/mol. The first-order valence-corrected chi connectivity index (χ1v) is 7.57. The minimum absolute atomic E-state index is 0.0165. The molecule has 0 bridgehead atoms. The predicted octanol–water partition coefficient (Wildman–Crippen LogP) is 1.41. The van der Waals surface area contributed by atoms with E-state index in [1.165, 1.54) is 24.1 Å². The van der Waals surface area contributed by atoms with Crippen molar-refractivity contribution in [3.8, 4) is 6.07 Å². The number of nitriles is 1. The number of amides is 3. The lowest BCUT2D eigenvalue weighted by molar-refractivity contribution is -0.134. The van der Waals surface area contributed by atoms with E-state index in [4.69, 9.17) is 10.00 Å². The highest BCUT2D eigenvalue weighted by Crippen LogP contribution is 2.16. The Hall–Kier alpha value is -2.66. The molecule has 24 heavy (non-hydrogen) atoms. The normalized spacial score (nSPS) is 14.7. The van der Waals surface area contributed by atoms with Crippen molar-refractivity contribution in [2.45, 2.75) is 6.42 Å². The molecule has 1 aromatic carbocycles. The maximum absolute atomic E-state index is 13.8. The Labute approximate surface area is 139 Å². The second kappa shape index (κ2) is 8.26. The van der Waals surface area contributed by atoms with Crippen molar-refractivity contribution in [2.75, 3.05) is 45.2 Å². The Morgan fingerprint density at radius 1 is 1.29 bits per heavy atom. The first kappa shape index (κ1) is 17.7. The van der Waals surface area contributed by atoms with Crippen molar-refractivity contribution in [2.24, 2.45) is 0 Å². The van der Waals surface area contributed by atoms with Gasteiger partial charge in [0.25, 0.3) is 0 Å². The van der Waals surface area contributed by atoms with Crippen LogP contribution in [-0.2, 0) is 9.53 Å². The molecule has 1 fully saturated rings. The van der Waals surface area contributed by atoms with Gasteiger partial charge >= 0.3 is 6.03 Å². The van der Waals surface area contributed by atoms with Crippen LogP contribution >= 0.6 is 0 Å². The summed E-state index contributed by atoms with van der Waals surface area (Å²) in [5.74, 6) is -0.771. The minimum Gasteiger partial charge on any atom is -0.375 e. The third kappa shape index (κ3) is 4.43. The third-order valence-corrected chi connectivity index (χ3v) is 3.74. The van der Waals surface area contributed by atoms with Gasteiger partial charge in [-0.15, -0.1) is 0 Å². The SMILES string of the molecule is COCC(=O)N1CCCN(C(=O)Nc2ccc(C#N)cc2F)CC1. The number of methoxy groups -OCH3 is 1. The summed E-state index contributed by atoms with van der Waals surface area (Å²) in [5.41, 5.74) is 0.211. The van der Waals surface area contributed by atoms with Crippen molar-refractivity contribution in [1.29, 1.82) is 5.26 Å². The van der Waals surface area contributed by atoms with Crippen LogP contribution in [0.3, 0.4) is 0 Å². The molecule has 8 heteroatoms. The van der Waals surface area contributed by atoms with Gasteiger partial charge in [-0.25, -0.2) is 9.18 Å². The number of nitrogens with one attached hydrogen (secondary N) is 1. The van der Waals surface area contributed by atoms with Crippen molar-refractivity contribution in [1.82, 2.24) is 9.80 Å². The monoisotopic (exact) mass is 334 g/mol. The Kier molecular flexibility index (Phi) is 6.09. The van der Waals surface area contributed by atoms with Crippen LogP contribution in [0.1, 0.15) is 12.0 Å². The molecule has 3 amide bonds. The molecule has 7 nitrogen and oxygen atoms in total. The zero-order chi connectivity index (χ0) is 17.5. The van der Waals surface area contributed by atoms with Gasteiger partial charge in [-0.1, -0.05) is 0 Å². The number of carbonyl (C=O) groups is 2. The average molecular weight is 334 g/mol. The van der Waals surface area contributed by atoms with E-state index >= 15 is 0 Å². The average Bonchev–Trinajstić information content (AvgIpc) is 2.83. The molecular formula is C16H19FN4O3. The lowest BCUT2D eigenvalue weighted by Crippen LogP contribution is -2.40. The fourth-order valence-corrected chi connectivity index (χ4v) is 2.47. The molecule has 2 rings (SSSR count). The Bertz CT molecular complexity index is 659. The van der Waals surface area contributed by atoms with E-state index in [1.807, 2.05) is 6.07 Å². The van der Waals surface area contributed by atoms with Crippen molar-refractivity contribution < 1.29 is 18.7 Å². The number of benzene rings is 1. The van der Waals surface area contributed by atoms with Crippen LogP contribution < -0.4 is 5.32 Å². The van der Waals surface area contributed by atoms with Gasteiger partial charge < -0.3 is 19.9 Å². The zero-order valence-corrected chi connectivity index (χ0v) is 13.4. The highest BCUT2D eigenvalue weighted by atomic mass is 19.1. The summed E-state index contributed by atoms with van der Waals surface area (Å²) in [6.07, 6.45) is 0.638. The molecule has 0 atom stereocenters. The highest BCUT2D eigenvalue weighted by molar-refractivity contribution is 5.89. The number of nitrogens with zero attached hydrogens (tertiary/aromatic N) is 3. The van der Waals surface area contributed by atoms with Crippen molar-refractivity contribution in [3.63, 3.8) is 0 Å². The summed E-state index contributed by atoms with van der Waals surface area (Å²) in [6.45, 7) is 1.81. The van der Waals surface area contributed by atoms with Gasteiger partial charge in [0.1, 0.15) is 12.4 Å². The summed E-state index contributed by atoms with van der Waals surface area (Å²) in [4.78, 5) is 27.3. The Morgan fingerprint density at radius 2 is 2.00 bits per heavy atom.